The number of amides is 1. The molecule has 1 saturated heterocycles. The number of esters is 1. The van der Waals surface area contributed by atoms with Crippen LogP contribution < -0.4 is 4.90 Å². The van der Waals surface area contributed by atoms with Crippen molar-refractivity contribution in [2.75, 3.05) is 31.1 Å². The normalized spacial score (nSPS) is 17.4. The molecule has 0 bridgehead atoms. The van der Waals surface area contributed by atoms with Gasteiger partial charge in [0, 0.05) is 31.7 Å². The zero-order valence-electron chi connectivity index (χ0n) is 14.7. The summed E-state index contributed by atoms with van der Waals surface area (Å²) in [6.07, 6.45) is 0.00373. The molecular weight excluding hydrogens is 358 g/mol. The van der Waals surface area contributed by atoms with E-state index in [1.807, 2.05) is 0 Å². The van der Waals surface area contributed by atoms with Gasteiger partial charge in [0.1, 0.15) is 6.07 Å². The first-order valence-electron chi connectivity index (χ1n) is 8.29. The summed E-state index contributed by atoms with van der Waals surface area (Å²) in [5.74, 6) is -1.46. The number of hydrogen-bond acceptors (Lipinski definition) is 6. The van der Waals surface area contributed by atoms with Crippen molar-refractivity contribution < 1.29 is 22.7 Å². The smallest absolute Gasteiger partial charge is 0.312 e. The van der Waals surface area contributed by atoms with Gasteiger partial charge in [0.15, 0.2) is 6.61 Å². The van der Waals surface area contributed by atoms with Crippen molar-refractivity contribution >= 4 is 27.6 Å². The van der Waals surface area contributed by atoms with Gasteiger partial charge in [-0.1, -0.05) is 13.8 Å². The first-order chi connectivity index (χ1) is 12.3. The van der Waals surface area contributed by atoms with Gasteiger partial charge in [-0.25, -0.2) is 8.42 Å². The molecule has 0 aromatic heterocycles. The molecule has 1 amide bonds. The Kier molecular flexibility index (Phi) is 6.34. The van der Waals surface area contributed by atoms with E-state index >= 15 is 0 Å². The fourth-order valence-corrected chi connectivity index (χ4v) is 4.30. The highest BCUT2D eigenvalue weighted by Crippen LogP contribution is 2.27. The topological polar surface area (TPSA) is 108 Å². The lowest BCUT2D eigenvalue weighted by molar-refractivity contribution is -0.146. The molecule has 0 spiro atoms. The first kappa shape index (κ1) is 19.9. The van der Waals surface area contributed by atoms with Crippen LogP contribution in [0.2, 0.25) is 0 Å². The Morgan fingerprint density at radius 1 is 1.31 bits per heavy atom. The van der Waals surface area contributed by atoms with E-state index in [2.05, 4.69) is 0 Å². The van der Waals surface area contributed by atoms with E-state index < -0.39 is 21.9 Å². The Labute approximate surface area is 153 Å². The Morgan fingerprint density at radius 3 is 2.46 bits per heavy atom. The van der Waals surface area contributed by atoms with Crippen LogP contribution >= 0.6 is 0 Å². The molecule has 1 aliphatic heterocycles. The molecular formula is C17H21N3O5S. The van der Waals surface area contributed by atoms with Gasteiger partial charge in [0.2, 0.25) is 15.9 Å². The highest BCUT2D eigenvalue weighted by atomic mass is 32.2. The zero-order valence-corrected chi connectivity index (χ0v) is 15.5. The quantitative estimate of drug-likeness (QED) is 0.657. The highest BCUT2D eigenvalue weighted by Gasteiger charge is 2.36. The summed E-state index contributed by atoms with van der Waals surface area (Å²) >= 11 is 0. The SMILES string of the molecule is CCN(CC)S(=O)(=O)c1ccc(N2C[C@@H](C(=O)OCC#N)CC2=O)cc1. The molecule has 9 heteroatoms. The van der Waals surface area contributed by atoms with E-state index in [0.717, 1.165) is 0 Å². The predicted molar refractivity (Wildman–Crippen MR) is 93.6 cm³/mol. The zero-order chi connectivity index (χ0) is 19.3. The number of hydrogen-bond donors (Lipinski definition) is 0. The molecule has 0 saturated carbocycles. The largest absolute Gasteiger partial charge is 0.450 e. The van der Waals surface area contributed by atoms with Gasteiger partial charge in [0.25, 0.3) is 0 Å². The van der Waals surface area contributed by atoms with Crippen molar-refractivity contribution in [1.29, 1.82) is 5.26 Å². The van der Waals surface area contributed by atoms with Gasteiger partial charge >= 0.3 is 5.97 Å². The molecule has 8 nitrogen and oxygen atoms in total. The van der Waals surface area contributed by atoms with Crippen molar-refractivity contribution in [1.82, 2.24) is 4.31 Å². The van der Waals surface area contributed by atoms with Gasteiger partial charge in [0.05, 0.1) is 10.8 Å². The minimum Gasteiger partial charge on any atom is -0.450 e. The summed E-state index contributed by atoms with van der Waals surface area (Å²) in [5.41, 5.74) is 0.518. The van der Waals surface area contributed by atoms with E-state index in [4.69, 9.17) is 10.00 Å². The molecule has 1 fully saturated rings. The number of sulfonamides is 1. The van der Waals surface area contributed by atoms with Crippen molar-refractivity contribution in [3.05, 3.63) is 24.3 Å². The summed E-state index contributed by atoms with van der Waals surface area (Å²) in [5, 5.41) is 8.45. The lowest BCUT2D eigenvalue weighted by Crippen LogP contribution is -2.30. The molecule has 140 valence electrons. The van der Waals surface area contributed by atoms with Crippen molar-refractivity contribution in [2.24, 2.45) is 5.92 Å². The molecule has 1 aliphatic rings. The lowest BCUT2D eigenvalue weighted by Gasteiger charge is -2.20. The second-order valence-corrected chi connectivity index (χ2v) is 7.69. The third-order valence-electron chi connectivity index (χ3n) is 4.23. The molecule has 1 heterocycles. The summed E-state index contributed by atoms with van der Waals surface area (Å²) < 4.78 is 31.1. The van der Waals surface area contributed by atoms with Gasteiger partial charge in [-0.05, 0) is 24.3 Å². The third-order valence-corrected chi connectivity index (χ3v) is 6.29. The van der Waals surface area contributed by atoms with Crippen LogP contribution in [0.4, 0.5) is 5.69 Å². The number of ether oxygens (including phenoxy) is 1. The van der Waals surface area contributed by atoms with E-state index in [-0.39, 0.29) is 30.4 Å². The van der Waals surface area contributed by atoms with Gasteiger partial charge < -0.3 is 9.64 Å². The highest BCUT2D eigenvalue weighted by molar-refractivity contribution is 7.89. The van der Waals surface area contributed by atoms with Crippen LogP contribution in [0.3, 0.4) is 0 Å². The molecule has 0 unspecified atom stereocenters. The minimum atomic E-state index is -3.56. The Morgan fingerprint density at radius 2 is 1.92 bits per heavy atom. The van der Waals surface area contributed by atoms with Crippen LogP contribution in [0.15, 0.2) is 29.2 Å². The molecule has 0 aliphatic carbocycles. The third kappa shape index (κ3) is 4.03. The van der Waals surface area contributed by atoms with Gasteiger partial charge in [-0.3, -0.25) is 9.59 Å². The molecule has 1 aromatic rings. The molecule has 1 aromatic carbocycles. The minimum absolute atomic E-state index is 0.00373. The standard InChI is InChI=1S/C17H21N3O5S/c1-3-19(4-2)26(23,24)15-7-5-14(6-8-15)20-12-13(11-16(20)21)17(22)25-10-9-18/h5-8,13H,3-4,10-12H2,1-2H3/t13-/m0/s1. The average molecular weight is 379 g/mol. The second-order valence-electron chi connectivity index (χ2n) is 5.75. The Hall–Kier alpha value is -2.44. The number of anilines is 1. The number of carbonyl (C=O) groups excluding carboxylic acids is 2. The maximum atomic E-state index is 12.5. The van der Waals surface area contributed by atoms with Crippen LogP contribution in [0.5, 0.6) is 0 Å². The molecule has 26 heavy (non-hydrogen) atoms. The summed E-state index contributed by atoms with van der Waals surface area (Å²) in [4.78, 5) is 25.6. The van der Waals surface area contributed by atoms with Crippen LogP contribution in [-0.4, -0.2) is 50.8 Å². The summed E-state index contributed by atoms with van der Waals surface area (Å²) in [6.45, 7) is 4.08. The van der Waals surface area contributed by atoms with Crippen molar-refractivity contribution in [3.63, 3.8) is 0 Å². The van der Waals surface area contributed by atoms with E-state index in [1.54, 1.807) is 32.0 Å². The first-order valence-corrected chi connectivity index (χ1v) is 9.73. The fourth-order valence-electron chi connectivity index (χ4n) is 2.85. The van der Waals surface area contributed by atoms with Gasteiger partial charge in [-0.15, -0.1) is 0 Å². The Bertz CT molecular complexity index is 810. The van der Waals surface area contributed by atoms with Crippen LogP contribution in [0.1, 0.15) is 20.3 Å². The maximum Gasteiger partial charge on any atom is 0.312 e. The number of rotatable bonds is 7. The van der Waals surface area contributed by atoms with Crippen molar-refractivity contribution in [3.8, 4) is 6.07 Å². The number of nitrogens with zero attached hydrogens (tertiary/aromatic N) is 3. The monoisotopic (exact) mass is 379 g/mol. The number of benzene rings is 1. The fraction of sp³-hybridized carbons (Fsp3) is 0.471. The average Bonchev–Trinajstić information content (AvgIpc) is 3.02. The maximum absolute atomic E-state index is 12.5. The Balaban J connectivity index is 2.15. The van der Waals surface area contributed by atoms with Gasteiger partial charge in [-0.2, -0.15) is 9.57 Å². The van der Waals surface area contributed by atoms with Crippen LogP contribution in [0, 0.1) is 17.2 Å². The number of nitriles is 1. The molecule has 0 N–H and O–H groups in total. The summed E-state index contributed by atoms with van der Waals surface area (Å²) in [7, 11) is -3.56. The van der Waals surface area contributed by atoms with Crippen LogP contribution in [0.25, 0.3) is 0 Å². The lowest BCUT2D eigenvalue weighted by atomic mass is 10.1. The van der Waals surface area contributed by atoms with Crippen molar-refractivity contribution in [2.45, 2.75) is 25.2 Å². The molecule has 2 rings (SSSR count). The molecule has 1 atom stereocenters. The summed E-state index contributed by atoms with van der Waals surface area (Å²) in [6, 6.07) is 7.73. The number of carbonyl (C=O) groups is 2. The van der Waals surface area contributed by atoms with E-state index in [1.165, 1.54) is 21.3 Å². The second kappa shape index (κ2) is 8.29. The van der Waals surface area contributed by atoms with E-state index in [9.17, 15) is 18.0 Å². The van der Waals surface area contributed by atoms with E-state index in [0.29, 0.717) is 18.8 Å². The predicted octanol–water partition coefficient (Wildman–Crippen LogP) is 1.14. The molecule has 0 radical (unpaired) electrons. The van der Waals surface area contributed by atoms with Crippen LogP contribution in [-0.2, 0) is 24.3 Å².